The number of H-pyrrole nitrogens is 1. The van der Waals surface area contributed by atoms with Crippen LogP contribution in [0.1, 0.15) is 56.1 Å². The second-order valence-corrected chi connectivity index (χ2v) is 10.4. The summed E-state index contributed by atoms with van der Waals surface area (Å²) >= 11 is 7.72. The minimum Gasteiger partial charge on any atom is -0.550 e. The van der Waals surface area contributed by atoms with Crippen LogP contribution in [-0.4, -0.2) is 75.8 Å². The number of aromatic nitrogens is 2. The number of carbonyl (C=O) groups is 5. The predicted octanol–water partition coefficient (Wildman–Crippen LogP) is 2.41. The van der Waals surface area contributed by atoms with Gasteiger partial charge in [0.1, 0.15) is 0 Å². The van der Waals surface area contributed by atoms with Crippen molar-refractivity contribution in [2.45, 2.75) is 35.1 Å². The first-order chi connectivity index (χ1) is 21.1. The molecule has 3 rings (SSSR count). The Balaban J connectivity index is -0.000000175. The molecular formula is C30H40Br2ClN4NaO9S. The summed E-state index contributed by atoms with van der Waals surface area (Å²) in [7, 11) is 0. The van der Waals surface area contributed by atoms with E-state index in [1.165, 1.54) is 0 Å². The van der Waals surface area contributed by atoms with Crippen molar-refractivity contribution in [1.29, 1.82) is 5.41 Å². The zero-order chi connectivity index (χ0) is 34.9. The molecule has 0 bridgehead atoms. The summed E-state index contributed by atoms with van der Waals surface area (Å²) in [5.74, 6) is -2.69. The number of nitrogens with two attached hydrogens (primary N) is 1. The van der Waals surface area contributed by atoms with Crippen molar-refractivity contribution in [2.75, 3.05) is 26.0 Å². The summed E-state index contributed by atoms with van der Waals surface area (Å²) in [5, 5.41) is 23.2. The molecule has 0 saturated carbocycles. The first-order valence-corrected chi connectivity index (χ1v) is 15.6. The molecule has 0 unspecified atom stereocenters. The molecule has 1 aromatic heterocycles. The van der Waals surface area contributed by atoms with Crippen molar-refractivity contribution >= 4 is 90.7 Å². The zero-order valence-corrected chi connectivity index (χ0v) is 33.4. The van der Waals surface area contributed by atoms with Gasteiger partial charge in [0.15, 0.2) is 10.8 Å². The maximum atomic E-state index is 11.4. The van der Waals surface area contributed by atoms with Crippen molar-refractivity contribution in [1.82, 2.24) is 9.97 Å². The Morgan fingerprint density at radius 1 is 0.958 bits per heavy atom. The first-order valence-electron chi connectivity index (χ1n) is 12.8. The van der Waals surface area contributed by atoms with Gasteiger partial charge < -0.3 is 35.2 Å². The van der Waals surface area contributed by atoms with E-state index >= 15 is 0 Å². The van der Waals surface area contributed by atoms with E-state index in [-0.39, 0.29) is 72.6 Å². The largest absolute Gasteiger partial charge is 1.00 e. The van der Waals surface area contributed by atoms with E-state index < -0.39 is 23.9 Å². The molecule has 1 heterocycles. The molecule has 2 aromatic carbocycles. The van der Waals surface area contributed by atoms with E-state index in [2.05, 4.69) is 46.6 Å². The second kappa shape index (κ2) is 33.0. The number of thioether (sulfide) groups is 1. The number of aliphatic carboxylic acids is 2. The molecule has 5 N–H and O–H groups in total. The van der Waals surface area contributed by atoms with Crippen LogP contribution in [-0.2, 0) is 23.9 Å². The third-order valence-electron chi connectivity index (χ3n) is 4.22. The van der Waals surface area contributed by atoms with Gasteiger partial charge in [-0.3, -0.25) is 15.0 Å². The average Bonchev–Trinajstić information content (AvgIpc) is 3.48. The van der Waals surface area contributed by atoms with Crippen LogP contribution in [0, 0.1) is 5.41 Å². The SMILES string of the molecule is C.CC(=O)O.CC(=O)[O-].CCOC(=O)C(=N)SC.CCOC(=O)c1ncc(-c2ccc(Br)cc2)[nH]1.Cl.NCC(=O)c1ccc(Br)cc1.[Na+]. The molecular weight excluding hydrogens is 811 g/mol. The molecule has 0 aliphatic carbocycles. The number of nitrogens with one attached hydrogen (secondary N) is 2. The van der Waals surface area contributed by atoms with E-state index in [0.29, 0.717) is 18.8 Å². The van der Waals surface area contributed by atoms with Crippen LogP contribution < -0.4 is 40.4 Å². The number of Topliss-reactive ketones (excluding diaryl/α,β-unsaturated/α-hetero) is 1. The third-order valence-corrected chi connectivity index (χ3v) is 5.85. The Hall–Kier alpha value is -2.57. The number of aromatic amines is 1. The molecule has 18 heteroatoms. The number of nitrogens with zero attached hydrogens (tertiary/aromatic N) is 1. The summed E-state index contributed by atoms with van der Waals surface area (Å²) in [6.45, 7) is 6.28. The number of carboxylic acid groups (broad SMARTS) is 2. The summed E-state index contributed by atoms with van der Waals surface area (Å²) < 4.78 is 11.3. The topological polar surface area (TPSA) is 226 Å². The fraction of sp³-hybridized carbons (Fsp3) is 0.300. The summed E-state index contributed by atoms with van der Waals surface area (Å²) in [6, 6.07) is 14.9. The quantitative estimate of drug-likeness (QED) is 0.0923. The number of ketones is 1. The van der Waals surface area contributed by atoms with Gasteiger partial charge in [0.2, 0.25) is 5.82 Å². The second-order valence-electron chi connectivity index (χ2n) is 7.77. The Labute approximate surface area is 330 Å². The minimum atomic E-state index is -1.08. The van der Waals surface area contributed by atoms with Crippen LogP contribution in [0.2, 0.25) is 0 Å². The van der Waals surface area contributed by atoms with Gasteiger partial charge in [0.05, 0.1) is 31.6 Å². The normalized spacial score (nSPS) is 8.50. The number of imidazole rings is 1. The number of hydrogen-bond acceptors (Lipinski definition) is 12. The van der Waals surface area contributed by atoms with Crippen molar-refractivity contribution in [2.24, 2.45) is 5.73 Å². The number of hydrogen-bond donors (Lipinski definition) is 4. The van der Waals surface area contributed by atoms with Crippen LogP contribution in [0.25, 0.3) is 11.3 Å². The third kappa shape index (κ3) is 28.4. The standard InChI is InChI=1S/C12H11BrN2O2.C8H8BrNO.C5H9NO2S.2C2H4O2.CH4.ClH.Na/c1-2-17-12(16)11-14-7-10(15-11)8-3-5-9(13)6-4-8;9-7-3-1-6(2-4-7)8(11)5-10;1-3-8-5(7)4(6)9-2;2*1-2(3)4;;;/h3-7H,2H2,1H3,(H,14,15);1-4H,5,10H2;6H,3H2,1-2H3;2*1H3,(H,3,4);1H4;1H;/q;;;;;;;+1/p-1. The zero-order valence-electron chi connectivity index (χ0n) is 26.6. The van der Waals surface area contributed by atoms with Crippen molar-refractivity contribution < 1.29 is 73.2 Å². The number of esters is 2. The fourth-order valence-electron chi connectivity index (χ4n) is 2.43. The van der Waals surface area contributed by atoms with Crippen LogP contribution >= 0.6 is 56.0 Å². The molecule has 0 radical (unpaired) electrons. The summed E-state index contributed by atoms with van der Waals surface area (Å²) in [4.78, 5) is 57.7. The van der Waals surface area contributed by atoms with Crippen LogP contribution in [0.3, 0.4) is 0 Å². The van der Waals surface area contributed by atoms with Gasteiger partial charge in [-0.05, 0) is 56.9 Å². The van der Waals surface area contributed by atoms with Gasteiger partial charge >= 0.3 is 41.5 Å². The van der Waals surface area contributed by atoms with Gasteiger partial charge in [0.25, 0.3) is 5.97 Å². The molecule has 0 saturated heterocycles. The van der Waals surface area contributed by atoms with Crippen LogP contribution in [0.4, 0.5) is 0 Å². The van der Waals surface area contributed by atoms with Crippen LogP contribution in [0.5, 0.6) is 0 Å². The number of ether oxygens (including phenoxy) is 2. The number of benzene rings is 2. The predicted molar refractivity (Wildman–Crippen MR) is 191 cm³/mol. The van der Waals surface area contributed by atoms with E-state index in [4.69, 9.17) is 35.7 Å². The molecule has 0 aliphatic rings. The van der Waals surface area contributed by atoms with Gasteiger partial charge in [0, 0.05) is 27.4 Å². The van der Waals surface area contributed by atoms with E-state index in [1.54, 1.807) is 38.4 Å². The molecule has 0 spiro atoms. The van der Waals surface area contributed by atoms with E-state index in [9.17, 15) is 14.4 Å². The molecule has 13 nitrogen and oxygen atoms in total. The van der Waals surface area contributed by atoms with Crippen molar-refractivity contribution in [3.8, 4) is 11.3 Å². The molecule has 48 heavy (non-hydrogen) atoms. The minimum absolute atomic E-state index is 0. The maximum Gasteiger partial charge on any atom is 1.00 e. The number of carboxylic acids is 2. The smallest absolute Gasteiger partial charge is 0.550 e. The Bertz CT molecular complexity index is 1360. The Morgan fingerprint density at radius 3 is 1.75 bits per heavy atom. The number of carbonyl (C=O) groups excluding carboxylic acids is 4. The summed E-state index contributed by atoms with van der Waals surface area (Å²) in [5.41, 5.74) is 7.60. The molecule has 0 amide bonds. The van der Waals surface area contributed by atoms with Gasteiger partial charge in [-0.15, -0.1) is 24.2 Å². The molecule has 0 fully saturated rings. The van der Waals surface area contributed by atoms with Crippen LogP contribution in [0.15, 0.2) is 63.7 Å². The van der Waals surface area contributed by atoms with Crippen molar-refractivity contribution in [3.63, 3.8) is 0 Å². The molecule has 3 aromatic rings. The monoisotopic (exact) mass is 848 g/mol. The van der Waals surface area contributed by atoms with Gasteiger partial charge in [-0.2, -0.15) is 0 Å². The molecule has 0 aliphatic heterocycles. The Morgan fingerprint density at radius 2 is 1.38 bits per heavy atom. The van der Waals surface area contributed by atoms with E-state index in [0.717, 1.165) is 45.8 Å². The first kappa shape index (κ1) is 54.9. The van der Waals surface area contributed by atoms with Crippen molar-refractivity contribution in [3.05, 3.63) is 75.1 Å². The molecule has 0 atom stereocenters. The van der Waals surface area contributed by atoms with Gasteiger partial charge in [-0.1, -0.05) is 63.6 Å². The fourth-order valence-corrected chi connectivity index (χ4v) is 3.19. The average molecular weight is 851 g/mol. The van der Waals surface area contributed by atoms with E-state index in [1.807, 2.05) is 36.4 Å². The molecule has 262 valence electrons. The van der Waals surface area contributed by atoms with Gasteiger partial charge in [-0.25, -0.2) is 14.6 Å². The summed E-state index contributed by atoms with van der Waals surface area (Å²) in [6.07, 6.45) is 3.29. The number of rotatable bonds is 6. The maximum absolute atomic E-state index is 11.4. The number of halogens is 3. The Kier molecular flexibility index (Phi) is 37.7.